The summed E-state index contributed by atoms with van der Waals surface area (Å²) in [5, 5.41) is 8.70. The van der Waals surface area contributed by atoms with Crippen LogP contribution in [0.1, 0.15) is 57.7 Å². The normalized spacial score (nSPS) is 14.0. The van der Waals surface area contributed by atoms with E-state index < -0.39 is 5.97 Å². The van der Waals surface area contributed by atoms with Gasteiger partial charge >= 0.3 is 5.97 Å². The van der Waals surface area contributed by atoms with Gasteiger partial charge in [0.15, 0.2) is 0 Å². The smallest absolute Gasteiger partial charge is 0.337 e. The summed E-state index contributed by atoms with van der Waals surface area (Å²) in [5.41, 5.74) is 3.77. The van der Waals surface area contributed by atoms with Crippen molar-refractivity contribution >= 4 is 22.8 Å². The van der Waals surface area contributed by atoms with Crippen LogP contribution in [0.15, 0.2) is 36.4 Å². The van der Waals surface area contributed by atoms with Gasteiger partial charge in [0.05, 0.1) is 31.0 Å². The van der Waals surface area contributed by atoms with E-state index in [-0.39, 0.29) is 5.91 Å². The monoisotopic (exact) mass is 435 g/mol. The lowest BCUT2D eigenvalue weighted by Crippen LogP contribution is -2.28. The molecule has 32 heavy (non-hydrogen) atoms. The zero-order valence-electron chi connectivity index (χ0n) is 18.8. The Hall–Kier alpha value is -3.35. The van der Waals surface area contributed by atoms with Gasteiger partial charge in [0.25, 0.3) is 5.91 Å². The van der Waals surface area contributed by atoms with Crippen LogP contribution in [0.4, 0.5) is 0 Å². The Bertz CT molecular complexity index is 1150. The highest BCUT2D eigenvalue weighted by Crippen LogP contribution is 2.28. The number of carbonyl (C=O) groups is 2. The van der Waals surface area contributed by atoms with Crippen molar-refractivity contribution in [3.8, 4) is 5.75 Å². The first kappa shape index (κ1) is 21.9. The Kier molecular flexibility index (Phi) is 6.44. The van der Waals surface area contributed by atoms with Gasteiger partial charge in [-0.3, -0.25) is 9.48 Å². The van der Waals surface area contributed by atoms with E-state index in [1.165, 1.54) is 32.8 Å². The molecule has 1 aliphatic carbocycles. The highest BCUT2D eigenvalue weighted by Gasteiger charge is 2.18. The number of nitrogens with one attached hydrogen (secondary N) is 1. The van der Waals surface area contributed by atoms with E-state index in [0.717, 1.165) is 28.7 Å². The third-order valence-electron chi connectivity index (χ3n) is 6.28. The van der Waals surface area contributed by atoms with E-state index in [2.05, 4.69) is 10.4 Å². The van der Waals surface area contributed by atoms with Crippen molar-refractivity contribution in [3.05, 3.63) is 58.8 Å². The van der Waals surface area contributed by atoms with Crippen LogP contribution in [0.5, 0.6) is 5.75 Å². The van der Waals surface area contributed by atoms with Gasteiger partial charge in [-0.05, 0) is 49.1 Å². The first-order valence-corrected chi connectivity index (χ1v) is 11.0. The molecule has 0 spiro atoms. The fourth-order valence-corrected chi connectivity index (χ4v) is 4.48. The Balaban J connectivity index is 1.59. The highest BCUT2D eigenvalue weighted by molar-refractivity contribution is 5.98. The quantitative estimate of drug-likeness (QED) is 0.570. The molecule has 1 saturated carbocycles. The van der Waals surface area contributed by atoms with Crippen LogP contribution in [-0.2, 0) is 18.2 Å². The molecular weight excluding hydrogens is 406 g/mol. The molecular formula is C25H29N3O4. The van der Waals surface area contributed by atoms with Crippen LogP contribution >= 0.6 is 0 Å². The molecule has 3 aromatic rings. The zero-order valence-corrected chi connectivity index (χ0v) is 18.8. The molecule has 7 heteroatoms. The Morgan fingerprint density at radius 3 is 2.56 bits per heavy atom. The number of methoxy groups -OCH3 is 2. The molecule has 0 bridgehead atoms. The molecule has 0 radical (unpaired) electrons. The molecule has 168 valence electrons. The average Bonchev–Trinajstić information content (AvgIpc) is 3.45. The summed E-state index contributed by atoms with van der Waals surface area (Å²) in [5.74, 6) is 0.731. The molecule has 2 aromatic carbocycles. The predicted molar refractivity (Wildman–Crippen MR) is 122 cm³/mol. The van der Waals surface area contributed by atoms with Crippen molar-refractivity contribution in [2.24, 2.45) is 13.0 Å². The van der Waals surface area contributed by atoms with E-state index in [0.29, 0.717) is 29.2 Å². The van der Waals surface area contributed by atoms with Crippen molar-refractivity contribution in [3.63, 3.8) is 0 Å². The van der Waals surface area contributed by atoms with E-state index in [4.69, 9.17) is 9.47 Å². The number of fused-ring (bicyclic) bond motifs is 1. The van der Waals surface area contributed by atoms with Gasteiger partial charge in [0.1, 0.15) is 5.75 Å². The summed E-state index contributed by atoms with van der Waals surface area (Å²) >= 11 is 0. The third kappa shape index (κ3) is 4.47. The van der Waals surface area contributed by atoms with Gasteiger partial charge in [0.2, 0.25) is 0 Å². The standard InChI is InChI=1S/C25H29N3O4/c1-28-22-11-10-18(24(29)26-15-16-6-4-5-7-16)12-20(22)21(27-28)13-17-8-9-19(25(30)32-3)14-23(17)31-2/h8-12,14,16H,4-7,13,15H2,1-3H3,(H,26,29). The van der Waals surface area contributed by atoms with Gasteiger partial charge in [-0.2, -0.15) is 5.10 Å². The molecule has 0 saturated heterocycles. The summed E-state index contributed by atoms with van der Waals surface area (Å²) in [6, 6.07) is 10.9. The number of aromatic nitrogens is 2. The molecule has 0 unspecified atom stereocenters. The molecule has 7 nitrogen and oxygen atoms in total. The van der Waals surface area contributed by atoms with E-state index >= 15 is 0 Å². The summed E-state index contributed by atoms with van der Waals surface area (Å²) in [6.07, 6.45) is 5.42. The molecule has 1 heterocycles. The lowest BCUT2D eigenvalue weighted by atomic mass is 10.0. The van der Waals surface area contributed by atoms with Gasteiger partial charge in [-0.1, -0.05) is 18.9 Å². The molecule has 0 aliphatic heterocycles. The summed E-state index contributed by atoms with van der Waals surface area (Å²) in [4.78, 5) is 24.6. The minimum Gasteiger partial charge on any atom is -0.496 e. The first-order valence-electron chi connectivity index (χ1n) is 11.0. The van der Waals surface area contributed by atoms with E-state index in [1.807, 2.05) is 36.0 Å². The fraction of sp³-hybridized carbons (Fsp3) is 0.400. The SMILES string of the molecule is COC(=O)c1ccc(Cc2nn(C)c3ccc(C(=O)NCC4CCCC4)cc23)c(OC)c1. The maximum Gasteiger partial charge on any atom is 0.337 e. The van der Waals surface area contributed by atoms with Gasteiger partial charge in [-0.15, -0.1) is 0 Å². The number of benzene rings is 2. The first-order chi connectivity index (χ1) is 15.5. The summed E-state index contributed by atoms with van der Waals surface area (Å²) < 4.78 is 12.1. The zero-order chi connectivity index (χ0) is 22.7. The number of nitrogens with zero attached hydrogens (tertiary/aromatic N) is 2. The van der Waals surface area contributed by atoms with Gasteiger partial charge in [0, 0.05) is 36.5 Å². The Morgan fingerprint density at radius 2 is 1.84 bits per heavy atom. The molecule has 1 aliphatic rings. The number of aryl methyl sites for hydroxylation is 1. The van der Waals surface area contributed by atoms with Crippen LogP contribution in [0.25, 0.3) is 10.9 Å². The number of ether oxygens (including phenoxy) is 2. The highest BCUT2D eigenvalue weighted by atomic mass is 16.5. The predicted octanol–water partition coefficient (Wildman–Crippen LogP) is 3.88. The minimum atomic E-state index is -0.411. The van der Waals surface area contributed by atoms with Gasteiger partial charge in [-0.25, -0.2) is 4.79 Å². The number of hydrogen-bond donors (Lipinski definition) is 1. The number of rotatable bonds is 7. The Labute approximate surface area is 187 Å². The maximum atomic E-state index is 12.7. The van der Waals surface area contributed by atoms with E-state index in [1.54, 1.807) is 19.2 Å². The van der Waals surface area contributed by atoms with Crippen LogP contribution in [-0.4, -0.2) is 42.4 Å². The second-order valence-electron chi connectivity index (χ2n) is 8.36. The Morgan fingerprint density at radius 1 is 1.09 bits per heavy atom. The van der Waals surface area contributed by atoms with Gasteiger partial charge < -0.3 is 14.8 Å². The minimum absolute atomic E-state index is 0.0476. The van der Waals surface area contributed by atoms with Crippen molar-refractivity contribution < 1.29 is 19.1 Å². The van der Waals surface area contributed by atoms with Crippen LogP contribution < -0.4 is 10.1 Å². The van der Waals surface area contributed by atoms with Crippen LogP contribution in [0.3, 0.4) is 0 Å². The molecule has 1 fully saturated rings. The van der Waals surface area contributed by atoms with Crippen LogP contribution in [0, 0.1) is 5.92 Å². The molecule has 4 rings (SSSR count). The molecule has 1 N–H and O–H groups in total. The third-order valence-corrected chi connectivity index (χ3v) is 6.28. The van der Waals surface area contributed by atoms with Crippen molar-refractivity contribution in [1.82, 2.24) is 15.1 Å². The van der Waals surface area contributed by atoms with E-state index in [9.17, 15) is 9.59 Å². The average molecular weight is 436 g/mol. The fourth-order valence-electron chi connectivity index (χ4n) is 4.48. The lowest BCUT2D eigenvalue weighted by molar-refractivity contribution is 0.0600. The lowest BCUT2D eigenvalue weighted by Gasteiger charge is -2.11. The van der Waals surface area contributed by atoms with Crippen molar-refractivity contribution in [2.45, 2.75) is 32.1 Å². The number of esters is 1. The van der Waals surface area contributed by atoms with Crippen molar-refractivity contribution in [1.29, 1.82) is 0 Å². The number of carbonyl (C=O) groups excluding carboxylic acids is 2. The second kappa shape index (κ2) is 9.42. The molecule has 0 atom stereocenters. The number of amides is 1. The summed E-state index contributed by atoms with van der Waals surface area (Å²) in [7, 11) is 4.82. The molecule has 1 aromatic heterocycles. The molecule has 1 amide bonds. The van der Waals surface area contributed by atoms with Crippen LogP contribution in [0.2, 0.25) is 0 Å². The largest absolute Gasteiger partial charge is 0.496 e. The maximum absolute atomic E-state index is 12.7. The number of hydrogen-bond acceptors (Lipinski definition) is 5. The second-order valence-corrected chi connectivity index (χ2v) is 8.36. The van der Waals surface area contributed by atoms with Crippen molar-refractivity contribution in [2.75, 3.05) is 20.8 Å². The summed E-state index contributed by atoms with van der Waals surface area (Å²) in [6.45, 7) is 0.737. The topological polar surface area (TPSA) is 82.5 Å².